The highest BCUT2D eigenvalue weighted by molar-refractivity contribution is 6.36. The fraction of sp³-hybridized carbons (Fsp3) is 0.364. The molecular formula is C22H25Cl2NO3. The van der Waals surface area contributed by atoms with E-state index in [2.05, 4.69) is 5.32 Å². The summed E-state index contributed by atoms with van der Waals surface area (Å²) in [6.45, 7) is 5.31. The lowest BCUT2D eigenvalue weighted by Gasteiger charge is -2.23. The average Bonchev–Trinajstić information content (AvgIpc) is 2.61. The SMILES string of the molecule is CC(C)(C)OC(=O)NC(CCCc1ccccc1)C(=O)c1cc(Cl)ccc1Cl. The molecule has 0 saturated carbocycles. The zero-order valence-electron chi connectivity index (χ0n) is 16.3. The molecule has 2 aromatic rings. The van der Waals surface area contributed by atoms with Gasteiger partial charge in [0.25, 0.3) is 0 Å². The maximum Gasteiger partial charge on any atom is 0.408 e. The molecule has 1 N–H and O–H groups in total. The van der Waals surface area contributed by atoms with E-state index in [1.807, 2.05) is 30.3 Å². The minimum Gasteiger partial charge on any atom is -0.444 e. The summed E-state index contributed by atoms with van der Waals surface area (Å²) in [6.07, 6.45) is 1.33. The predicted molar refractivity (Wildman–Crippen MR) is 113 cm³/mol. The van der Waals surface area contributed by atoms with Crippen molar-refractivity contribution in [2.45, 2.75) is 51.7 Å². The van der Waals surface area contributed by atoms with Gasteiger partial charge < -0.3 is 10.1 Å². The zero-order chi connectivity index (χ0) is 20.7. The van der Waals surface area contributed by atoms with Crippen LogP contribution < -0.4 is 5.32 Å². The van der Waals surface area contributed by atoms with Crippen molar-refractivity contribution in [3.05, 3.63) is 69.7 Å². The van der Waals surface area contributed by atoms with E-state index in [1.54, 1.807) is 32.9 Å². The maximum atomic E-state index is 13.0. The Kier molecular flexibility index (Phi) is 7.90. The van der Waals surface area contributed by atoms with E-state index < -0.39 is 17.7 Å². The van der Waals surface area contributed by atoms with E-state index in [9.17, 15) is 9.59 Å². The lowest BCUT2D eigenvalue weighted by atomic mass is 9.98. The number of carbonyl (C=O) groups is 2. The molecule has 0 fully saturated rings. The van der Waals surface area contributed by atoms with Gasteiger partial charge in [-0.3, -0.25) is 4.79 Å². The highest BCUT2D eigenvalue weighted by atomic mass is 35.5. The smallest absolute Gasteiger partial charge is 0.408 e. The van der Waals surface area contributed by atoms with Crippen molar-refractivity contribution >= 4 is 35.1 Å². The first-order chi connectivity index (χ1) is 13.2. The third-order valence-electron chi connectivity index (χ3n) is 4.00. The van der Waals surface area contributed by atoms with Gasteiger partial charge in [0.05, 0.1) is 11.1 Å². The Bertz CT molecular complexity index is 816. The Balaban J connectivity index is 2.13. The molecule has 0 aromatic heterocycles. The highest BCUT2D eigenvalue weighted by Gasteiger charge is 2.26. The minimum atomic E-state index is -0.755. The summed E-state index contributed by atoms with van der Waals surface area (Å²) in [7, 11) is 0. The molecule has 0 aliphatic carbocycles. The number of hydrogen-bond acceptors (Lipinski definition) is 3. The first-order valence-electron chi connectivity index (χ1n) is 9.18. The van der Waals surface area contributed by atoms with Crippen LogP contribution in [0.5, 0.6) is 0 Å². The third-order valence-corrected chi connectivity index (χ3v) is 4.57. The normalized spacial score (nSPS) is 12.3. The number of amides is 1. The summed E-state index contributed by atoms with van der Waals surface area (Å²) in [5.41, 5.74) is 0.803. The average molecular weight is 422 g/mol. The molecule has 0 aliphatic heterocycles. The highest BCUT2D eigenvalue weighted by Crippen LogP contribution is 2.23. The van der Waals surface area contributed by atoms with Gasteiger partial charge in [-0.2, -0.15) is 0 Å². The van der Waals surface area contributed by atoms with Gasteiger partial charge in [-0.25, -0.2) is 4.79 Å². The van der Waals surface area contributed by atoms with Gasteiger partial charge in [-0.1, -0.05) is 53.5 Å². The molecule has 150 valence electrons. The number of rotatable bonds is 7. The number of Topliss-reactive ketones (excluding diaryl/α,β-unsaturated/α-hetero) is 1. The summed E-state index contributed by atoms with van der Waals surface area (Å²) < 4.78 is 5.31. The molecule has 28 heavy (non-hydrogen) atoms. The minimum absolute atomic E-state index is 0.286. The van der Waals surface area contributed by atoms with Crippen LogP contribution in [0.2, 0.25) is 10.0 Å². The summed E-state index contributed by atoms with van der Waals surface area (Å²) in [6, 6.07) is 13.9. The quantitative estimate of drug-likeness (QED) is 0.549. The predicted octanol–water partition coefficient (Wildman–Crippen LogP) is 6.09. The molecule has 0 heterocycles. The van der Waals surface area contributed by atoms with Crippen molar-refractivity contribution in [1.82, 2.24) is 5.32 Å². The standard InChI is InChI=1S/C22H25Cl2NO3/c1-22(2,3)28-21(27)25-19(11-7-10-15-8-5-4-6-9-15)20(26)17-14-16(23)12-13-18(17)24/h4-6,8-9,12-14,19H,7,10-11H2,1-3H3,(H,25,27). The Morgan fingerprint density at radius 3 is 2.39 bits per heavy atom. The molecule has 6 heteroatoms. The Morgan fingerprint density at radius 2 is 1.75 bits per heavy atom. The van der Waals surface area contributed by atoms with E-state index in [-0.39, 0.29) is 11.3 Å². The summed E-state index contributed by atoms with van der Waals surface area (Å²) >= 11 is 12.2. The molecule has 1 amide bonds. The molecular weight excluding hydrogens is 397 g/mol. The second kappa shape index (κ2) is 9.94. The molecule has 0 saturated heterocycles. The van der Waals surface area contributed by atoms with Crippen molar-refractivity contribution in [2.24, 2.45) is 0 Å². The van der Waals surface area contributed by atoms with Crippen LogP contribution in [0.4, 0.5) is 4.79 Å². The topological polar surface area (TPSA) is 55.4 Å². The van der Waals surface area contributed by atoms with Crippen molar-refractivity contribution < 1.29 is 14.3 Å². The molecule has 1 unspecified atom stereocenters. The largest absolute Gasteiger partial charge is 0.444 e. The number of ether oxygens (including phenoxy) is 1. The molecule has 4 nitrogen and oxygen atoms in total. The Morgan fingerprint density at radius 1 is 1.07 bits per heavy atom. The Labute approximate surface area is 176 Å². The first kappa shape index (κ1) is 22.3. The molecule has 1 atom stereocenters. The fourth-order valence-electron chi connectivity index (χ4n) is 2.75. The van der Waals surface area contributed by atoms with Crippen LogP contribution in [0, 0.1) is 0 Å². The van der Waals surface area contributed by atoms with E-state index >= 15 is 0 Å². The maximum absolute atomic E-state index is 13.0. The molecule has 2 rings (SSSR count). The van der Waals surface area contributed by atoms with Gasteiger partial charge >= 0.3 is 6.09 Å². The van der Waals surface area contributed by atoms with Gasteiger partial charge in [-0.05, 0) is 63.8 Å². The molecule has 0 aliphatic rings. The number of hydrogen-bond donors (Lipinski definition) is 1. The van der Waals surface area contributed by atoms with Crippen molar-refractivity contribution in [3.63, 3.8) is 0 Å². The molecule has 0 bridgehead atoms. The van der Waals surface area contributed by atoms with Crippen LogP contribution in [-0.4, -0.2) is 23.5 Å². The third kappa shape index (κ3) is 7.17. The molecule has 0 spiro atoms. The molecule has 2 aromatic carbocycles. The van der Waals surface area contributed by atoms with Crippen LogP contribution >= 0.6 is 23.2 Å². The number of halogens is 2. The summed E-state index contributed by atoms with van der Waals surface area (Å²) in [5.74, 6) is -0.286. The van der Waals surface area contributed by atoms with Crippen LogP contribution in [0.1, 0.15) is 49.5 Å². The number of alkyl carbamates (subject to hydrolysis) is 1. The number of aryl methyl sites for hydroxylation is 1. The second-order valence-electron chi connectivity index (χ2n) is 7.57. The number of carbonyl (C=O) groups excluding carboxylic acids is 2. The van der Waals surface area contributed by atoms with Crippen LogP contribution in [0.15, 0.2) is 48.5 Å². The van der Waals surface area contributed by atoms with Gasteiger partial charge in [0.15, 0.2) is 5.78 Å². The lowest BCUT2D eigenvalue weighted by molar-refractivity contribution is 0.0488. The van der Waals surface area contributed by atoms with Gasteiger partial charge in [-0.15, -0.1) is 0 Å². The summed E-state index contributed by atoms with van der Waals surface area (Å²) in [4.78, 5) is 25.3. The summed E-state index contributed by atoms with van der Waals surface area (Å²) in [5, 5.41) is 3.40. The van der Waals surface area contributed by atoms with Crippen LogP contribution in [0.25, 0.3) is 0 Å². The van der Waals surface area contributed by atoms with Crippen molar-refractivity contribution in [3.8, 4) is 0 Å². The first-order valence-corrected chi connectivity index (χ1v) is 9.94. The van der Waals surface area contributed by atoms with Crippen molar-refractivity contribution in [1.29, 1.82) is 0 Å². The lowest BCUT2D eigenvalue weighted by Crippen LogP contribution is -2.43. The van der Waals surface area contributed by atoms with E-state index in [1.165, 1.54) is 11.6 Å². The number of nitrogens with one attached hydrogen (secondary N) is 1. The van der Waals surface area contributed by atoms with E-state index in [4.69, 9.17) is 27.9 Å². The van der Waals surface area contributed by atoms with Crippen LogP contribution in [0.3, 0.4) is 0 Å². The van der Waals surface area contributed by atoms with Crippen LogP contribution in [-0.2, 0) is 11.2 Å². The monoisotopic (exact) mass is 421 g/mol. The van der Waals surface area contributed by atoms with Gasteiger partial charge in [0, 0.05) is 10.6 Å². The number of benzene rings is 2. The Hall–Kier alpha value is -2.04. The zero-order valence-corrected chi connectivity index (χ0v) is 17.8. The fourth-order valence-corrected chi connectivity index (χ4v) is 3.13. The van der Waals surface area contributed by atoms with E-state index in [0.29, 0.717) is 22.9 Å². The van der Waals surface area contributed by atoms with E-state index in [0.717, 1.165) is 6.42 Å². The van der Waals surface area contributed by atoms with Gasteiger partial charge in [0.2, 0.25) is 0 Å². The molecule has 0 radical (unpaired) electrons. The van der Waals surface area contributed by atoms with Crippen molar-refractivity contribution in [2.75, 3.05) is 0 Å². The number of ketones is 1. The van der Waals surface area contributed by atoms with Gasteiger partial charge in [0.1, 0.15) is 5.60 Å². The second-order valence-corrected chi connectivity index (χ2v) is 8.41.